The Kier molecular flexibility index (Phi) is 3.85. The van der Waals surface area contributed by atoms with E-state index in [0.717, 1.165) is 45.0 Å². The van der Waals surface area contributed by atoms with Gasteiger partial charge in [0.2, 0.25) is 0 Å². The molecule has 0 spiro atoms. The Morgan fingerprint density at radius 1 is 1.20 bits per heavy atom. The summed E-state index contributed by atoms with van der Waals surface area (Å²) < 4.78 is 0. The predicted octanol–water partition coefficient (Wildman–Crippen LogP) is 1.51. The highest BCUT2D eigenvalue weighted by atomic mass is 16.3. The van der Waals surface area contributed by atoms with Gasteiger partial charge in [0.25, 0.3) is 0 Å². The van der Waals surface area contributed by atoms with Gasteiger partial charge in [0.05, 0.1) is 5.69 Å². The first kappa shape index (κ1) is 13.7. The van der Waals surface area contributed by atoms with Crippen molar-refractivity contribution in [3.05, 3.63) is 24.3 Å². The zero-order valence-electron chi connectivity index (χ0n) is 12.3. The summed E-state index contributed by atoms with van der Waals surface area (Å²) in [4.78, 5) is 4.87. The predicted molar refractivity (Wildman–Crippen MR) is 82.4 cm³/mol. The molecule has 3 rings (SSSR count). The van der Waals surface area contributed by atoms with Gasteiger partial charge in [0.15, 0.2) is 0 Å². The summed E-state index contributed by atoms with van der Waals surface area (Å²) in [6.45, 7) is 10.1. The average molecular weight is 275 g/mol. The first-order chi connectivity index (χ1) is 9.66. The van der Waals surface area contributed by atoms with Crippen molar-refractivity contribution in [2.45, 2.75) is 13.3 Å². The molecule has 2 saturated heterocycles. The van der Waals surface area contributed by atoms with E-state index in [1.165, 1.54) is 13.0 Å². The molecule has 110 valence electrons. The molecule has 1 aromatic rings. The largest absolute Gasteiger partial charge is 0.506 e. The molecule has 1 aromatic carbocycles. The van der Waals surface area contributed by atoms with E-state index in [0.29, 0.717) is 11.2 Å². The van der Waals surface area contributed by atoms with Gasteiger partial charge in [0.1, 0.15) is 5.75 Å². The summed E-state index contributed by atoms with van der Waals surface area (Å²) in [7, 11) is 0. The molecule has 0 aromatic heterocycles. The maximum Gasteiger partial charge on any atom is 0.138 e. The van der Waals surface area contributed by atoms with Crippen LogP contribution in [0.25, 0.3) is 0 Å². The van der Waals surface area contributed by atoms with Crippen molar-refractivity contribution in [2.75, 3.05) is 50.7 Å². The lowest BCUT2D eigenvalue weighted by molar-refractivity contribution is 0.169. The van der Waals surface area contributed by atoms with Gasteiger partial charge in [-0.1, -0.05) is 19.1 Å². The lowest BCUT2D eigenvalue weighted by Gasteiger charge is -2.39. The number of phenols is 1. The molecule has 0 amide bonds. The van der Waals surface area contributed by atoms with Crippen LogP contribution < -0.4 is 10.2 Å². The highest BCUT2D eigenvalue weighted by Gasteiger charge is 2.31. The minimum absolute atomic E-state index is 0.396. The third-order valence-corrected chi connectivity index (χ3v) is 4.66. The maximum absolute atomic E-state index is 9.94. The van der Waals surface area contributed by atoms with Gasteiger partial charge in [0, 0.05) is 39.3 Å². The molecule has 0 aliphatic carbocycles. The molecule has 1 atom stereocenters. The molecule has 2 aliphatic heterocycles. The van der Waals surface area contributed by atoms with Gasteiger partial charge in [-0.15, -0.1) is 0 Å². The number of piperazine rings is 1. The molecule has 0 radical (unpaired) electrons. The smallest absolute Gasteiger partial charge is 0.138 e. The summed E-state index contributed by atoms with van der Waals surface area (Å²) in [5.74, 6) is 0.396. The van der Waals surface area contributed by atoms with Crippen LogP contribution in [0, 0.1) is 5.41 Å². The van der Waals surface area contributed by atoms with Crippen LogP contribution in [0.3, 0.4) is 0 Å². The van der Waals surface area contributed by atoms with Crippen molar-refractivity contribution in [3.63, 3.8) is 0 Å². The molecule has 20 heavy (non-hydrogen) atoms. The van der Waals surface area contributed by atoms with E-state index in [2.05, 4.69) is 22.0 Å². The maximum atomic E-state index is 9.94. The number of phenolic OH excluding ortho intramolecular Hbond substituents is 1. The number of benzene rings is 1. The Balaban J connectivity index is 1.56. The molecule has 2 fully saturated rings. The summed E-state index contributed by atoms with van der Waals surface area (Å²) >= 11 is 0. The van der Waals surface area contributed by atoms with Gasteiger partial charge in [-0.25, -0.2) is 0 Å². The van der Waals surface area contributed by atoms with E-state index in [-0.39, 0.29) is 0 Å². The minimum Gasteiger partial charge on any atom is -0.506 e. The van der Waals surface area contributed by atoms with Crippen molar-refractivity contribution in [2.24, 2.45) is 5.41 Å². The van der Waals surface area contributed by atoms with E-state index in [1.54, 1.807) is 6.07 Å². The second-order valence-electron chi connectivity index (χ2n) is 6.49. The zero-order chi connectivity index (χ0) is 14.0. The lowest BCUT2D eigenvalue weighted by Crippen LogP contribution is -2.49. The Bertz CT molecular complexity index is 449. The number of para-hydroxylation sites is 2. The number of anilines is 1. The Morgan fingerprint density at radius 2 is 1.95 bits per heavy atom. The molecule has 4 heteroatoms. The lowest BCUT2D eigenvalue weighted by atomic mass is 9.89. The van der Waals surface area contributed by atoms with Crippen molar-refractivity contribution in [3.8, 4) is 5.75 Å². The fourth-order valence-corrected chi connectivity index (χ4v) is 3.42. The molecule has 0 saturated carbocycles. The van der Waals surface area contributed by atoms with Crippen LogP contribution in [0.2, 0.25) is 0 Å². The second kappa shape index (κ2) is 5.62. The topological polar surface area (TPSA) is 38.7 Å². The first-order valence-corrected chi connectivity index (χ1v) is 7.62. The summed E-state index contributed by atoms with van der Waals surface area (Å²) in [5.41, 5.74) is 1.41. The third kappa shape index (κ3) is 2.91. The Morgan fingerprint density at radius 3 is 2.60 bits per heavy atom. The van der Waals surface area contributed by atoms with E-state index < -0.39 is 0 Å². The summed E-state index contributed by atoms with van der Waals surface area (Å²) in [6.07, 6.45) is 1.28. The monoisotopic (exact) mass is 275 g/mol. The number of nitrogens with one attached hydrogen (secondary N) is 1. The summed E-state index contributed by atoms with van der Waals surface area (Å²) in [6, 6.07) is 7.65. The average Bonchev–Trinajstić information content (AvgIpc) is 2.87. The number of hydrogen-bond donors (Lipinski definition) is 2. The van der Waals surface area contributed by atoms with Gasteiger partial charge in [-0.05, 0) is 30.5 Å². The third-order valence-electron chi connectivity index (χ3n) is 4.66. The first-order valence-electron chi connectivity index (χ1n) is 7.62. The van der Waals surface area contributed by atoms with Crippen molar-refractivity contribution < 1.29 is 5.11 Å². The Labute approximate surface area is 121 Å². The van der Waals surface area contributed by atoms with E-state index >= 15 is 0 Å². The minimum atomic E-state index is 0.396. The molecular weight excluding hydrogens is 250 g/mol. The number of aromatic hydroxyl groups is 1. The van der Waals surface area contributed by atoms with Crippen LogP contribution in [0.15, 0.2) is 24.3 Å². The molecule has 2 heterocycles. The van der Waals surface area contributed by atoms with Crippen LogP contribution in [0.4, 0.5) is 5.69 Å². The van der Waals surface area contributed by atoms with Crippen LogP contribution in [-0.2, 0) is 0 Å². The van der Waals surface area contributed by atoms with Gasteiger partial charge < -0.3 is 15.3 Å². The van der Waals surface area contributed by atoms with E-state index in [4.69, 9.17) is 0 Å². The standard InChI is InChI=1S/C16H25N3O/c1-16(6-7-17-12-16)13-18-8-10-19(11-9-18)14-4-2-3-5-15(14)20/h2-5,17,20H,6-13H2,1H3. The molecular formula is C16H25N3O. The highest BCUT2D eigenvalue weighted by molar-refractivity contribution is 5.57. The quantitative estimate of drug-likeness (QED) is 0.877. The second-order valence-corrected chi connectivity index (χ2v) is 6.49. The normalized spacial score (nSPS) is 27.9. The fourth-order valence-electron chi connectivity index (χ4n) is 3.42. The van der Waals surface area contributed by atoms with Crippen molar-refractivity contribution in [1.29, 1.82) is 0 Å². The van der Waals surface area contributed by atoms with Gasteiger partial charge in [-0.3, -0.25) is 4.90 Å². The molecule has 2 aliphatic rings. The molecule has 2 N–H and O–H groups in total. The van der Waals surface area contributed by atoms with E-state index in [9.17, 15) is 5.11 Å². The molecule has 4 nitrogen and oxygen atoms in total. The van der Waals surface area contributed by atoms with Crippen LogP contribution >= 0.6 is 0 Å². The molecule has 1 unspecified atom stereocenters. The van der Waals surface area contributed by atoms with Gasteiger partial charge >= 0.3 is 0 Å². The number of rotatable bonds is 3. The van der Waals surface area contributed by atoms with Crippen molar-refractivity contribution in [1.82, 2.24) is 10.2 Å². The zero-order valence-corrected chi connectivity index (χ0v) is 12.3. The highest BCUT2D eigenvalue weighted by Crippen LogP contribution is 2.29. The van der Waals surface area contributed by atoms with Crippen LogP contribution in [-0.4, -0.2) is 55.8 Å². The molecule has 0 bridgehead atoms. The van der Waals surface area contributed by atoms with E-state index in [1.807, 2.05) is 18.2 Å². The summed E-state index contributed by atoms with van der Waals surface area (Å²) in [5, 5.41) is 13.4. The van der Waals surface area contributed by atoms with Crippen LogP contribution in [0.5, 0.6) is 5.75 Å². The number of nitrogens with zero attached hydrogens (tertiary/aromatic N) is 2. The number of hydrogen-bond acceptors (Lipinski definition) is 4. The van der Waals surface area contributed by atoms with Gasteiger partial charge in [-0.2, -0.15) is 0 Å². The van der Waals surface area contributed by atoms with Crippen molar-refractivity contribution >= 4 is 5.69 Å². The Hall–Kier alpha value is -1.26. The SMILES string of the molecule is CC1(CN2CCN(c3ccccc3O)CC2)CCNC1. The fraction of sp³-hybridized carbons (Fsp3) is 0.625. The van der Waals surface area contributed by atoms with Crippen LogP contribution in [0.1, 0.15) is 13.3 Å².